The van der Waals surface area contributed by atoms with Crippen molar-refractivity contribution in [2.75, 3.05) is 6.54 Å². The Morgan fingerprint density at radius 2 is 1.86 bits per heavy atom. The Balaban J connectivity index is 2.19. The standard InChI is InChI=1S/C19H26N2O/c1-4-13-21(15-17-12-9-14-20(17)3)19(22)18(5-2)16-10-7-6-8-11-16/h6-12,14,18H,4-5,13,15H2,1-3H3/t18-/m1/s1. The molecule has 3 nitrogen and oxygen atoms in total. The minimum absolute atomic E-state index is 0.0481. The maximum absolute atomic E-state index is 13.0. The van der Waals surface area contributed by atoms with Crippen molar-refractivity contribution >= 4 is 5.91 Å². The number of amides is 1. The molecule has 1 heterocycles. The molecule has 2 rings (SSSR count). The average Bonchev–Trinajstić information content (AvgIpc) is 2.94. The van der Waals surface area contributed by atoms with E-state index in [1.54, 1.807) is 0 Å². The van der Waals surface area contributed by atoms with E-state index in [9.17, 15) is 4.79 Å². The van der Waals surface area contributed by atoms with Gasteiger partial charge in [-0.2, -0.15) is 0 Å². The van der Waals surface area contributed by atoms with E-state index in [1.807, 2.05) is 42.4 Å². The van der Waals surface area contributed by atoms with Gasteiger partial charge in [0, 0.05) is 25.5 Å². The zero-order chi connectivity index (χ0) is 15.9. The van der Waals surface area contributed by atoms with Crippen LogP contribution < -0.4 is 0 Å². The number of carbonyl (C=O) groups is 1. The van der Waals surface area contributed by atoms with Crippen molar-refractivity contribution in [3.8, 4) is 0 Å². The Bertz CT molecular complexity index is 588. The molecular formula is C19H26N2O. The van der Waals surface area contributed by atoms with Gasteiger partial charge in [0.1, 0.15) is 0 Å². The zero-order valence-corrected chi connectivity index (χ0v) is 13.8. The van der Waals surface area contributed by atoms with Gasteiger partial charge in [0.05, 0.1) is 12.5 Å². The van der Waals surface area contributed by atoms with Crippen LogP contribution in [0.1, 0.15) is 43.9 Å². The molecule has 1 aromatic carbocycles. The predicted octanol–water partition coefficient (Wildman–Crippen LogP) is 3.96. The highest BCUT2D eigenvalue weighted by Crippen LogP contribution is 2.23. The summed E-state index contributed by atoms with van der Waals surface area (Å²) >= 11 is 0. The molecule has 0 radical (unpaired) electrons. The second-order valence-corrected chi connectivity index (χ2v) is 5.74. The smallest absolute Gasteiger partial charge is 0.230 e. The van der Waals surface area contributed by atoms with Crippen LogP contribution in [0.15, 0.2) is 48.7 Å². The Hall–Kier alpha value is -2.03. The highest BCUT2D eigenvalue weighted by molar-refractivity contribution is 5.83. The molecule has 0 fully saturated rings. The summed E-state index contributed by atoms with van der Waals surface area (Å²) in [6.07, 6.45) is 3.83. The van der Waals surface area contributed by atoms with Crippen molar-refractivity contribution in [2.24, 2.45) is 7.05 Å². The summed E-state index contributed by atoms with van der Waals surface area (Å²) in [4.78, 5) is 15.0. The van der Waals surface area contributed by atoms with Crippen molar-refractivity contribution < 1.29 is 4.79 Å². The molecule has 0 bridgehead atoms. The lowest BCUT2D eigenvalue weighted by molar-refractivity contribution is -0.133. The molecule has 1 amide bonds. The van der Waals surface area contributed by atoms with Crippen LogP contribution in [-0.4, -0.2) is 21.9 Å². The molecular weight excluding hydrogens is 272 g/mol. The van der Waals surface area contributed by atoms with Crippen LogP contribution in [-0.2, 0) is 18.4 Å². The van der Waals surface area contributed by atoms with Crippen molar-refractivity contribution in [2.45, 2.75) is 39.2 Å². The minimum Gasteiger partial charge on any atom is -0.353 e. The van der Waals surface area contributed by atoms with Crippen LogP contribution in [0.5, 0.6) is 0 Å². The Morgan fingerprint density at radius 1 is 1.14 bits per heavy atom. The Kier molecular flexibility index (Phi) is 5.82. The molecule has 0 unspecified atom stereocenters. The maximum atomic E-state index is 13.0. The van der Waals surface area contributed by atoms with Crippen LogP contribution in [0.3, 0.4) is 0 Å². The third kappa shape index (κ3) is 3.79. The van der Waals surface area contributed by atoms with Gasteiger partial charge < -0.3 is 9.47 Å². The molecule has 0 N–H and O–H groups in total. The van der Waals surface area contributed by atoms with Crippen LogP contribution in [0, 0.1) is 0 Å². The number of hydrogen-bond acceptors (Lipinski definition) is 1. The van der Waals surface area contributed by atoms with Gasteiger partial charge in [-0.1, -0.05) is 44.2 Å². The molecule has 1 atom stereocenters. The van der Waals surface area contributed by atoms with Crippen molar-refractivity contribution in [3.05, 3.63) is 59.9 Å². The monoisotopic (exact) mass is 298 g/mol. The SMILES string of the molecule is CCCN(Cc1cccn1C)C(=O)[C@H](CC)c1ccccc1. The average molecular weight is 298 g/mol. The predicted molar refractivity (Wildman–Crippen MR) is 90.6 cm³/mol. The van der Waals surface area contributed by atoms with Gasteiger partial charge in [-0.05, 0) is 30.5 Å². The molecule has 1 aromatic heterocycles. The first-order chi connectivity index (χ1) is 10.7. The van der Waals surface area contributed by atoms with Crippen LogP contribution in [0.2, 0.25) is 0 Å². The van der Waals surface area contributed by atoms with Gasteiger partial charge in [-0.3, -0.25) is 4.79 Å². The molecule has 0 aliphatic carbocycles. The number of aromatic nitrogens is 1. The van der Waals surface area contributed by atoms with Gasteiger partial charge >= 0.3 is 0 Å². The van der Waals surface area contributed by atoms with Gasteiger partial charge in [-0.15, -0.1) is 0 Å². The highest BCUT2D eigenvalue weighted by atomic mass is 16.2. The fourth-order valence-corrected chi connectivity index (χ4v) is 2.85. The summed E-state index contributed by atoms with van der Waals surface area (Å²) in [5, 5.41) is 0. The van der Waals surface area contributed by atoms with E-state index in [1.165, 1.54) is 5.69 Å². The highest BCUT2D eigenvalue weighted by Gasteiger charge is 2.24. The van der Waals surface area contributed by atoms with E-state index < -0.39 is 0 Å². The number of hydrogen-bond donors (Lipinski definition) is 0. The summed E-state index contributed by atoms with van der Waals surface area (Å²) < 4.78 is 2.08. The maximum Gasteiger partial charge on any atom is 0.230 e. The quantitative estimate of drug-likeness (QED) is 0.759. The van der Waals surface area contributed by atoms with E-state index in [2.05, 4.69) is 36.6 Å². The molecule has 0 saturated carbocycles. The van der Waals surface area contributed by atoms with Gasteiger partial charge in [0.25, 0.3) is 0 Å². The molecule has 0 aliphatic heterocycles. The molecule has 118 valence electrons. The minimum atomic E-state index is -0.0481. The van der Waals surface area contributed by atoms with Crippen LogP contribution >= 0.6 is 0 Å². The Labute approximate surface area is 133 Å². The van der Waals surface area contributed by atoms with Crippen LogP contribution in [0.25, 0.3) is 0 Å². The van der Waals surface area contributed by atoms with Crippen molar-refractivity contribution in [1.82, 2.24) is 9.47 Å². The second kappa shape index (κ2) is 7.83. The molecule has 0 saturated heterocycles. The van der Waals surface area contributed by atoms with Crippen LogP contribution in [0.4, 0.5) is 0 Å². The lowest BCUT2D eigenvalue weighted by Gasteiger charge is -2.27. The van der Waals surface area contributed by atoms with Gasteiger partial charge in [-0.25, -0.2) is 0 Å². The number of rotatable bonds is 7. The molecule has 22 heavy (non-hydrogen) atoms. The third-order valence-corrected chi connectivity index (χ3v) is 4.12. The van der Waals surface area contributed by atoms with E-state index in [4.69, 9.17) is 0 Å². The third-order valence-electron chi connectivity index (χ3n) is 4.12. The van der Waals surface area contributed by atoms with Gasteiger partial charge in [0.15, 0.2) is 0 Å². The Morgan fingerprint density at radius 3 is 2.41 bits per heavy atom. The first-order valence-electron chi connectivity index (χ1n) is 8.11. The molecule has 0 aliphatic rings. The molecule has 2 aromatic rings. The lowest BCUT2D eigenvalue weighted by atomic mass is 9.95. The number of aryl methyl sites for hydroxylation is 1. The number of nitrogens with zero attached hydrogens (tertiary/aromatic N) is 2. The fraction of sp³-hybridized carbons (Fsp3) is 0.421. The summed E-state index contributed by atoms with van der Waals surface area (Å²) in [6.45, 7) is 5.68. The fourth-order valence-electron chi connectivity index (χ4n) is 2.85. The first-order valence-corrected chi connectivity index (χ1v) is 8.11. The summed E-state index contributed by atoms with van der Waals surface area (Å²) in [6, 6.07) is 14.2. The molecule has 3 heteroatoms. The largest absolute Gasteiger partial charge is 0.353 e. The van der Waals surface area contributed by atoms with E-state index >= 15 is 0 Å². The molecule has 0 spiro atoms. The summed E-state index contributed by atoms with van der Waals surface area (Å²) in [5.41, 5.74) is 2.28. The summed E-state index contributed by atoms with van der Waals surface area (Å²) in [5.74, 6) is 0.185. The zero-order valence-electron chi connectivity index (χ0n) is 13.8. The first kappa shape index (κ1) is 16.3. The number of benzene rings is 1. The number of carbonyl (C=O) groups excluding carboxylic acids is 1. The van der Waals surface area contributed by atoms with Crippen molar-refractivity contribution in [1.29, 1.82) is 0 Å². The topological polar surface area (TPSA) is 25.2 Å². The van der Waals surface area contributed by atoms with Gasteiger partial charge in [0.2, 0.25) is 5.91 Å². The van der Waals surface area contributed by atoms with E-state index in [0.29, 0.717) is 6.54 Å². The van der Waals surface area contributed by atoms with E-state index in [-0.39, 0.29) is 11.8 Å². The van der Waals surface area contributed by atoms with E-state index in [0.717, 1.165) is 24.9 Å². The summed E-state index contributed by atoms with van der Waals surface area (Å²) in [7, 11) is 2.03. The normalized spacial score (nSPS) is 12.1. The second-order valence-electron chi connectivity index (χ2n) is 5.74. The lowest BCUT2D eigenvalue weighted by Crippen LogP contribution is -2.35. The van der Waals surface area contributed by atoms with Crippen molar-refractivity contribution in [3.63, 3.8) is 0 Å².